The maximum atomic E-state index is 12.0. The van der Waals surface area contributed by atoms with Crippen molar-refractivity contribution < 1.29 is 23.9 Å². The smallest absolute Gasteiger partial charge is 0.347 e. The van der Waals surface area contributed by atoms with E-state index in [4.69, 9.17) is 4.74 Å². The zero-order chi connectivity index (χ0) is 17.1. The quantitative estimate of drug-likeness (QED) is 0.512. The lowest BCUT2D eigenvalue weighted by molar-refractivity contribution is -0.141. The van der Waals surface area contributed by atoms with Crippen molar-refractivity contribution in [2.75, 3.05) is 0 Å². The summed E-state index contributed by atoms with van der Waals surface area (Å²) in [7, 11) is 0. The van der Waals surface area contributed by atoms with Gasteiger partial charge in [0.15, 0.2) is 6.29 Å². The molecule has 22 heavy (non-hydrogen) atoms. The van der Waals surface area contributed by atoms with E-state index in [2.05, 4.69) is 4.98 Å². The summed E-state index contributed by atoms with van der Waals surface area (Å²) in [6.07, 6.45) is 0.383. The minimum atomic E-state index is -0.882. The third-order valence-corrected chi connectivity index (χ3v) is 3.07. The first kappa shape index (κ1) is 17.8. The van der Waals surface area contributed by atoms with Crippen LogP contribution in [-0.4, -0.2) is 29.0 Å². The van der Waals surface area contributed by atoms with Gasteiger partial charge in [-0.15, -0.1) is 0 Å². The first-order chi connectivity index (χ1) is 10.0. The molecule has 0 unspecified atom stereocenters. The number of carbonyl (C=O) groups excluding carboxylic acids is 4. The second-order valence-corrected chi connectivity index (χ2v) is 6.50. The molecule has 0 spiro atoms. The van der Waals surface area contributed by atoms with Gasteiger partial charge in [-0.3, -0.25) is 14.4 Å². The number of aryl methyl sites for hydroxylation is 1. The Labute approximate surface area is 129 Å². The Kier molecular flexibility index (Phi) is 5.41. The number of H-pyrrole nitrogens is 1. The number of nitrogens with one attached hydrogen (secondary N) is 1. The summed E-state index contributed by atoms with van der Waals surface area (Å²) in [4.78, 5) is 49.0. The van der Waals surface area contributed by atoms with Crippen molar-refractivity contribution in [2.24, 2.45) is 5.41 Å². The molecule has 1 aromatic heterocycles. The largest absolute Gasteiger partial charge is 0.389 e. The fourth-order valence-corrected chi connectivity index (χ4v) is 2.20. The molecule has 1 rings (SSSR count). The average Bonchev–Trinajstić information content (AvgIpc) is 2.60. The zero-order valence-corrected chi connectivity index (χ0v) is 13.5. The van der Waals surface area contributed by atoms with E-state index in [0.717, 1.165) is 0 Å². The summed E-state index contributed by atoms with van der Waals surface area (Å²) < 4.78 is 4.71. The molecule has 0 radical (unpaired) electrons. The number of hydrogen-bond donors (Lipinski definition) is 1. The Balaban J connectivity index is 2.73. The van der Waals surface area contributed by atoms with Crippen LogP contribution in [0.1, 0.15) is 65.7 Å². The van der Waals surface area contributed by atoms with Crippen molar-refractivity contribution in [1.82, 2.24) is 4.98 Å². The second-order valence-electron chi connectivity index (χ2n) is 6.50. The number of carbonyl (C=O) groups is 4. The molecule has 6 heteroatoms. The summed E-state index contributed by atoms with van der Waals surface area (Å²) in [6, 6.07) is 0. The summed E-state index contributed by atoms with van der Waals surface area (Å²) in [5.74, 6) is -2.01. The molecule has 0 aliphatic heterocycles. The molecule has 120 valence electrons. The Morgan fingerprint density at radius 1 is 1.18 bits per heavy atom. The first-order valence-electron chi connectivity index (χ1n) is 6.96. The van der Waals surface area contributed by atoms with Crippen molar-refractivity contribution in [3.63, 3.8) is 0 Å². The van der Waals surface area contributed by atoms with Gasteiger partial charge < -0.3 is 9.72 Å². The molecule has 0 aliphatic carbocycles. The lowest BCUT2D eigenvalue weighted by atomic mass is 9.89. The molecule has 0 aliphatic rings. The van der Waals surface area contributed by atoms with Gasteiger partial charge in [-0.25, -0.2) is 4.79 Å². The maximum absolute atomic E-state index is 12.0. The van der Waals surface area contributed by atoms with Crippen LogP contribution >= 0.6 is 0 Å². The van der Waals surface area contributed by atoms with Crippen molar-refractivity contribution in [3.8, 4) is 0 Å². The highest BCUT2D eigenvalue weighted by Crippen LogP contribution is 2.20. The van der Waals surface area contributed by atoms with E-state index in [-0.39, 0.29) is 28.9 Å². The van der Waals surface area contributed by atoms with E-state index in [1.165, 1.54) is 0 Å². The van der Waals surface area contributed by atoms with Gasteiger partial charge in [0.25, 0.3) is 0 Å². The number of aldehydes is 1. The van der Waals surface area contributed by atoms with Gasteiger partial charge >= 0.3 is 11.9 Å². The van der Waals surface area contributed by atoms with Crippen LogP contribution in [0.15, 0.2) is 0 Å². The highest BCUT2D eigenvalue weighted by atomic mass is 16.6. The van der Waals surface area contributed by atoms with Gasteiger partial charge in [0.2, 0.25) is 0 Å². The monoisotopic (exact) mass is 307 g/mol. The van der Waals surface area contributed by atoms with Gasteiger partial charge in [0.05, 0.1) is 11.3 Å². The molecule has 0 amide bonds. The normalized spacial score (nSPS) is 11.1. The van der Waals surface area contributed by atoms with Crippen LogP contribution in [-0.2, 0) is 14.3 Å². The summed E-state index contributed by atoms with van der Waals surface area (Å²) >= 11 is 0. The van der Waals surface area contributed by atoms with E-state index in [9.17, 15) is 19.2 Å². The van der Waals surface area contributed by atoms with Crippen LogP contribution in [0, 0.1) is 19.3 Å². The Morgan fingerprint density at radius 3 is 2.23 bits per heavy atom. The van der Waals surface area contributed by atoms with Crippen LogP contribution in [0.3, 0.4) is 0 Å². The van der Waals surface area contributed by atoms with Crippen LogP contribution in [0.25, 0.3) is 0 Å². The maximum Gasteiger partial charge on any atom is 0.347 e. The van der Waals surface area contributed by atoms with Crippen molar-refractivity contribution in [1.29, 1.82) is 0 Å². The topological polar surface area (TPSA) is 93.3 Å². The molecule has 1 aromatic rings. The van der Waals surface area contributed by atoms with Crippen LogP contribution in [0.2, 0.25) is 0 Å². The molecule has 0 saturated carbocycles. The Bertz CT molecular complexity index is 619. The second kappa shape index (κ2) is 6.68. The van der Waals surface area contributed by atoms with E-state index in [1.807, 2.05) is 20.8 Å². The number of esters is 2. The molecular weight excluding hydrogens is 286 g/mol. The van der Waals surface area contributed by atoms with Gasteiger partial charge in [-0.2, -0.15) is 0 Å². The number of hydrogen-bond acceptors (Lipinski definition) is 5. The molecule has 0 fully saturated rings. The van der Waals surface area contributed by atoms with Crippen LogP contribution < -0.4 is 0 Å². The minimum absolute atomic E-state index is 0.152. The van der Waals surface area contributed by atoms with E-state index < -0.39 is 18.4 Å². The molecule has 0 aromatic carbocycles. The molecule has 6 nitrogen and oxygen atoms in total. The summed E-state index contributed by atoms with van der Waals surface area (Å²) in [6.45, 7) is 8.84. The lowest BCUT2D eigenvalue weighted by Gasteiger charge is -2.16. The van der Waals surface area contributed by atoms with Gasteiger partial charge in [0, 0.05) is 12.1 Å². The van der Waals surface area contributed by atoms with Crippen LogP contribution in [0.5, 0.6) is 0 Å². The van der Waals surface area contributed by atoms with Crippen molar-refractivity contribution in [2.45, 2.75) is 47.5 Å². The highest BCUT2D eigenvalue weighted by Gasteiger charge is 2.24. The molecule has 0 saturated heterocycles. The van der Waals surface area contributed by atoms with Crippen molar-refractivity contribution in [3.05, 3.63) is 22.5 Å². The zero-order valence-electron chi connectivity index (χ0n) is 13.5. The van der Waals surface area contributed by atoms with E-state index >= 15 is 0 Å². The van der Waals surface area contributed by atoms with Gasteiger partial charge in [-0.1, -0.05) is 20.8 Å². The third-order valence-electron chi connectivity index (χ3n) is 3.07. The van der Waals surface area contributed by atoms with Gasteiger partial charge in [-0.05, 0) is 24.8 Å². The summed E-state index contributed by atoms with van der Waals surface area (Å²) in [5, 5.41) is 0. The minimum Gasteiger partial charge on any atom is -0.389 e. The number of aromatic amines is 1. The number of rotatable bonds is 5. The van der Waals surface area contributed by atoms with E-state index in [0.29, 0.717) is 17.5 Å². The van der Waals surface area contributed by atoms with E-state index in [1.54, 1.807) is 13.8 Å². The lowest BCUT2D eigenvalue weighted by Crippen LogP contribution is -2.20. The molecule has 0 atom stereocenters. The predicted molar refractivity (Wildman–Crippen MR) is 79.8 cm³/mol. The highest BCUT2D eigenvalue weighted by molar-refractivity contribution is 6.04. The number of Topliss-reactive ketones (excluding diaryl/α,β-unsaturated/α-hetero) is 1. The van der Waals surface area contributed by atoms with Crippen molar-refractivity contribution >= 4 is 24.0 Å². The Morgan fingerprint density at radius 2 is 1.77 bits per heavy atom. The number of ketones is 1. The predicted octanol–water partition coefficient (Wildman–Crippen LogP) is 2.52. The third kappa shape index (κ3) is 4.65. The standard InChI is InChI=1S/C16H21NO5/c1-9-12(8-18)17-10(2)14(9)15(21)22-13(20)6-11(19)7-16(3,4)5/h8,17H,6-7H2,1-5H3. The first-order valence-corrected chi connectivity index (χ1v) is 6.96. The van der Waals surface area contributed by atoms with Gasteiger partial charge in [0.1, 0.15) is 12.2 Å². The Hall–Kier alpha value is -2.24. The summed E-state index contributed by atoms with van der Waals surface area (Å²) in [5.41, 5.74) is 1.05. The number of ether oxygens (including phenoxy) is 1. The fraction of sp³-hybridized carbons (Fsp3) is 0.500. The molecular formula is C16H21NO5. The molecule has 0 bridgehead atoms. The van der Waals surface area contributed by atoms with Crippen LogP contribution in [0.4, 0.5) is 0 Å². The number of aromatic nitrogens is 1. The molecule has 1 heterocycles. The fourth-order valence-electron chi connectivity index (χ4n) is 2.20. The SMILES string of the molecule is Cc1[nH]c(C=O)c(C)c1C(=O)OC(=O)CC(=O)CC(C)(C)C. The molecule has 1 N–H and O–H groups in total. The average molecular weight is 307 g/mol.